The first-order valence-corrected chi connectivity index (χ1v) is 5.71. The van der Waals surface area contributed by atoms with E-state index < -0.39 is 0 Å². The lowest BCUT2D eigenvalue weighted by atomic mass is 10.0. The van der Waals surface area contributed by atoms with Crippen LogP contribution in [-0.2, 0) is 6.42 Å². The molecule has 0 unspecified atom stereocenters. The van der Waals surface area contributed by atoms with E-state index in [1.165, 1.54) is 21.9 Å². The molecule has 0 saturated carbocycles. The molecule has 1 aromatic heterocycles. The van der Waals surface area contributed by atoms with Crippen molar-refractivity contribution in [2.24, 2.45) is 0 Å². The Kier molecular flexibility index (Phi) is 2.59. The topological polar surface area (TPSA) is 12.9 Å². The van der Waals surface area contributed by atoms with Gasteiger partial charge in [-0.1, -0.05) is 42.5 Å². The van der Waals surface area contributed by atoms with Crippen LogP contribution in [0, 0.1) is 6.07 Å². The summed E-state index contributed by atoms with van der Waals surface area (Å²) in [5.41, 5.74) is 2.43. The minimum Gasteiger partial charge on any atom is -0.264 e. The lowest BCUT2D eigenvalue weighted by Gasteiger charge is -2.03. The molecule has 0 saturated heterocycles. The standard InChI is InChI=1S/C16H12N/c1-2-6-16-11-13(7-8-15(16)5-1)10-14-4-3-9-17-12-14/h1-9,12H,10H2. The monoisotopic (exact) mass is 218 g/mol. The lowest BCUT2D eigenvalue weighted by Crippen LogP contribution is -1.89. The van der Waals surface area contributed by atoms with Crippen molar-refractivity contribution in [3.05, 3.63) is 78.1 Å². The predicted octanol–water partition coefficient (Wildman–Crippen LogP) is 3.63. The van der Waals surface area contributed by atoms with E-state index in [0.29, 0.717) is 0 Å². The molecule has 0 aliphatic carbocycles. The van der Waals surface area contributed by atoms with Crippen molar-refractivity contribution in [2.45, 2.75) is 6.42 Å². The van der Waals surface area contributed by atoms with Crippen LogP contribution in [-0.4, -0.2) is 4.98 Å². The van der Waals surface area contributed by atoms with Crippen LogP contribution in [0.15, 0.2) is 60.9 Å². The maximum Gasteiger partial charge on any atom is 0.0303 e. The zero-order valence-electron chi connectivity index (χ0n) is 9.43. The van der Waals surface area contributed by atoms with E-state index in [0.717, 1.165) is 6.42 Å². The summed E-state index contributed by atoms with van der Waals surface area (Å²) in [7, 11) is 0. The van der Waals surface area contributed by atoms with Gasteiger partial charge in [-0.2, -0.15) is 0 Å². The average molecular weight is 218 g/mol. The number of nitrogens with zero attached hydrogens (tertiary/aromatic N) is 1. The molecule has 0 N–H and O–H groups in total. The van der Waals surface area contributed by atoms with Gasteiger partial charge in [0.25, 0.3) is 0 Å². The van der Waals surface area contributed by atoms with E-state index in [1.54, 1.807) is 6.20 Å². The van der Waals surface area contributed by atoms with Crippen LogP contribution in [0.4, 0.5) is 0 Å². The summed E-state index contributed by atoms with van der Waals surface area (Å²) >= 11 is 0. The van der Waals surface area contributed by atoms with Crippen LogP contribution in [0.5, 0.6) is 0 Å². The van der Waals surface area contributed by atoms with Gasteiger partial charge in [-0.25, -0.2) is 0 Å². The Hall–Kier alpha value is -2.15. The van der Waals surface area contributed by atoms with Crippen molar-refractivity contribution in [1.29, 1.82) is 0 Å². The third kappa shape index (κ3) is 2.18. The van der Waals surface area contributed by atoms with Gasteiger partial charge in [0.1, 0.15) is 0 Å². The highest BCUT2D eigenvalue weighted by Crippen LogP contribution is 2.16. The Morgan fingerprint density at radius 1 is 0.941 bits per heavy atom. The summed E-state index contributed by atoms with van der Waals surface area (Å²) in [4.78, 5) is 4.13. The highest BCUT2D eigenvalue weighted by Gasteiger charge is 1.98. The zero-order valence-corrected chi connectivity index (χ0v) is 9.43. The molecule has 0 amide bonds. The number of fused-ring (bicyclic) bond motifs is 1. The molecule has 81 valence electrons. The van der Waals surface area contributed by atoms with E-state index in [-0.39, 0.29) is 0 Å². The Balaban J connectivity index is 1.96. The van der Waals surface area contributed by atoms with Crippen molar-refractivity contribution in [3.8, 4) is 0 Å². The van der Waals surface area contributed by atoms with Gasteiger partial charge >= 0.3 is 0 Å². The summed E-state index contributed by atoms with van der Waals surface area (Å²) in [5, 5.41) is 2.41. The maximum absolute atomic E-state index is 4.13. The summed E-state index contributed by atoms with van der Waals surface area (Å²) in [6.45, 7) is 0. The molecular formula is C16H12N. The first-order chi connectivity index (χ1) is 8.42. The molecule has 0 aliphatic heterocycles. The quantitative estimate of drug-likeness (QED) is 0.640. The predicted molar refractivity (Wildman–Crippen MR) is 69.8 cm³/mol. The third-order valence-corrected chi connectivity index (χ3v) is 2.84. The van der Waals surface area contributed by atoms with Crippen LogP contribution in [0.3, 0.4) is 0 Å². The molecule has 1 heterocycles. The SMILES string of the molecule is [c]1c(Cc2cccnc2)ccc2ccccc12. The Labute approximate surface area is 101 Å². The van der Waals surface area contributed by atoms with Crippen LogP contribution in [0.2, 0.25) is 0 Å². The molecule has 0 spiro atoms. The number of pyridine rings is 1. The summed E-state index contributed by atoms with van der Waals surface area (Å²) in [6, 6.07) is 20.1. The number of benzene rings is 2. The van der Waals surface area contributed by atoms with Gasteiger partial charge in [0.2, 0.25) is 0 Å². The molecule has 3 rings (SSSR count). The lowest BCUT2D eigenvalue weighted by molar-refractivity contribution is 1.15. The Morgan fingerprint density at radius 2 is 1.88 bits per heavy atom. The zero-order chi connectivity index (χ0) is 11.5. The second-order valence-corrected chi connectivity index (χ2v) is 4.11. The van der Waals surface area contributed by atoms with Gasteiger partial charge < -0.3 is 0 Å². The first-order valence-electron chi connectivity index (χ1n) is 5.71. The van der Waals surface area contributed by atoms with Crippen molar-refractivity contribution < 1.29 is 0 Å². The van der Waals surface area contributed by atoms with Crippen LogP contribution >= 0.6 is 0 Å². The van der Waals surface area contributed by atoms with Gasteiger partial charge in [0.15, 0.2) is 0 Å². The van der Waals surface area contributed by atoms with Gasteiger partial charge in [-0.15, -0.1) is 0 Å². The van der Waals surface area contributed by atoms with Crippen LogP contribution in [0.25, 0.3) is 10.8 Å². The van der Waals surface area contributed by atoms with Gasteiger partial charge in [0.05, 0.1) is 0 Å². The highest BCUT2D eigenvalue weighted by atomic mass is 14.6. The number of rotatable bonds is 2. The second kappa shape index (κ2) is 4.38. The number of hydrogen-bond acceptors (Lipinski definition) is 1. The highest BCUT2D eigenvalue weighted by molar-refractivity contribution is 5.82. The van der Waals surface area contributed by atoms with Gasteiger partial charge in [0, 0.05) is 12.4 Å². The molecule has 0 bridgehead atoms. The fourth-order valence-corrected chi connectivity index (χ4v) is 1.99. The van der Waals surface area contributed by atoms with E-state index in [2.05, 4.69) is 47.4 Å². The third-order valence-electron chi connectivity index (χ3n) is 2.84. The maximum atomic E-state index is 4.13. The fourth-order valence-electron chi connectivity index (χ4n) is 1.99. The molecule has 0 atom stereocenters. The molecule has 17 heavy (non-hydrogen) atoms. The number of hydrogen-bond donors (Lipinski definition) is 0. The molecular weight excluding hydrogens is 206 g/mol. The molecule has 1 heteroatoms. The average Bonchev–Trinajstić information content (AvgIpc) is 2.40. The smallest absolute Gasteiger partial charge is 0.0303 e. The Morgan fingerprint density at radius 3 is 2.76 bits per heavy atom. The van der Waals surface area contributed by atoms with Crippen LogP contribution < -0.4 is 0 Å². The molecule has 1 nitrogen and oxygen atoms in total. The van der Waals surface area contributed by atoms with Crippen molar-refractivity contribution in [1.82, 2.24) is 4.98 Å². The largest absolute Gasteiger partial charge is 0.264 e. The fraction of sp³-hybridized carbons (Fsp3) is 0.0625. The van der Waals surface area contributed by atoms with E-state index >= 15 is 0 Å². The number of aromatic nitrogens is 1. The first kappa shape index (κ1) is 10.0. The normalized spacial score (nSPS) is 10.6. The minimum absolute atomic E-state index is 0.888. The van der Waals surface area contributed by atoms with Gasteiger partial charge in [-0.3, -0.25) is 4.98 Å². The van der Waals surface area contributed by atoms with E-state index in [1.807, 2.05) is 18.3 Å². The molecule has 2 aromatic carbocycles. The Bertz CT molecular complexity index is 629. The molecule has 1 radical (unpaired) electrons. The summed E-state index contributed by atoms with van der Waals surface area (Å²) in [5.74, 6) is 0. The second-order valence-electron chi connectivity index (χ2n) is 4.11. The molecule has 0 aliphatic rings. The molecule has 3 aromatic rings. The van der Waals surface area contributed by atoms with Crippen molar-refractivity contribution in [2.75, 3.05) is 0 Å². The molecule has 0 fully saturated rings. The van der Waals surface area contributed by atoms with Gasteiger partial charge in [-0.05, 0) is 40.5 Å². The van der Waals surface area contributed by atoms with Crippen molar-refractivity contribution in [3.63, 3.8) is 0 Å². The summed E-state index contributed by atoms with van der Waals surface area (Å²) < 4.78 is 0. The van der Waals surface area contributed by atoms with E-state index in [9.17, 15) is 0 Å². The minimum atomic E-state index is 0.888. The van der Waals surface area contributed by atoms with Crippen molar-refractivity contribution >= 4 is 10.8 Å². The summed E-state index contributed by atoms with van der Waals surface area (Å²) in [6.07, 6.45) is 4.59. The van der Waals surface area contributed by atoms with E-state index in [4.69, 9.17) is 0 Å². The van der Waals surface area contributed by atoms with Crippen LogP contribution in [0.1, 0.15) is 11.1 Å².